The Labute approximate surface area is 162 Å². The number of aryl methyl sites for hydroxylation is 6. The zero-order chi connectivity index (χ0) is 20.5. The van der Waals surface area contributed by atoms with Gasteiger partial charge in [0.1, 0.15) is 0 Å². The number of sulfonamides is 1. The third-order valence-electron chi connectivity index (χ3n) is 4.58. The first-order chi connectivity index (χ1) is 12.4. The van der Waals surface area contributed by atoms with E-state index in [0.717, 1.165) is 32.2 Å². The Hall–Kier alpha value is -2.18. The van der Waals surface area contributed by atoms with E-state index in [9.17, 15) is 13.2 Å². The molecule has 27 heavy (non-hydrogen) atoms. The van der Waals surface area contributed by atoms with Crippen molar-refractivity contribution in [3.63, 3.8) is 0 Å². The van der Waals surface area contributed by atoms with Gasteiger partial charge in [0.25, 0.3) is 0 Å². The quantitative estimate of drug-likeness (QED) is 0.847. The van der Waals surface area contributed by atoms with E-state index in [4.69, 9.17) is 0 Å². The average Bonchev–Trinajstić information content (AvgIpc) is 2.49. The first-order valence-electron chi connectivity index (χ1n) is 8.85. The highest BCUT2D eigenvalue weighted by Gasteiger charge is 2.26. The number of amides is 1. The Morgan fingerprint density at radius 3 is 1.70 bits per heavy atom. The molecule has 0 heterocycles. The van der Waals surface area contributed by atoms with Gasteiger partial charge in [-0.25, -0.2) is 8.42 Å². The van der Waals surface area contributed by atoms with Gasteiger partial charge in [0.05, 0.1) is 11.4 Å². The van der Waals surface area contributed by atoms with Gasteiger partial charge >= 0.3 is 0 Å². The molecule has 0 aromatic heterocycles. The molecule has 6 heteroatoms. The van der Waals surface area contributed by atoms with Crippen molar-refractivity contribution < 1.29 is 13.2 Å². The third kappa shape index (κ3) is 4.57. The molecule has 2 aromatic carbocycles. The summed E-state index contributed by atoms with van der Waals surface area (Å²) in [5, 5.41) is 2.85. The van der Waals surface area contributed by atoms with Crippen LogP contribution in [-0.2, 0) is 14.8 Å². The van der Waals surface area contributed by atoms with Crippen molar-refractivity contribution >= 4 is 21.6 Å². The number of benzene rings is 2. The first-order valence-corrected chi connectivity index (χ1v) is 10.3. The molecule has 0 aliphatic heterocycles. The molecule has 0 fully saturated rings. The molecule has 0 aliphatic carbocycles. The van der Waals surface area contributed by atoms with Gasteiger partial charge in [0, 0.05) is 12.7 Å². The van der Waals surface area contributed by atoms with Gasteiger partial charge in [-0.3, -0.25) is 4.79 Å². The van der Waals surface area contributed by atoms with Crippen LogP contribution in [0.25, 0.3) is 0 Å². The first kappa shape index (κ1) is 21.1. The molecule has 0 atom stereocenters. The lowest BCUT2D eigenvalue weighted by atomic mass is 10.1. The maximum absolute atomic E-state index is 13.0. The van der Waals surface area contributed by atoms with Gasteiger partial charge < -0.3 is 5.32 Å². The van der Waals surface area contributed by atoms with E-state index in [2.05, 4.69) is 5.32 Å². The third-order valence-corrected chi connectivity index (χ3v) is 6.69. The number of rotatable bonds is 5. The fraction of sp³-hybridized carbons (Fsp3) is 0.381. The highest BCUT2D eigenvalue weighted by atomic mass is 32.2. The fourth-order valence-electron chi connectivity index (χ4n) is 3.57. The monoisotopic (exact) mass is 388 g/mol. The Bertz CT molecular complexity index is 948. The van der Waals surface area contributed by atoms with Crippen LogP contribution in [0.15, 0.2) is 29.2 Å². The molecule has 0 spiro atoms. The number of anilines is 1. The van der Waals surface area contributed by atoms with Crippen molar-refractivity contribution in [2.45, 2.75) is 46.4 Å². The minimum atomic E-state index is -3.76. The maximum atomic E-state index is 13.0. The number of carbonyl (C=O) groups is 1. The van der Waals surface area contributed by atoms with Crippen LogP contribution in [0.5, 0.6) is 0 Å². The molecule has 0 saturated carbocycles. The predicted molar refractivity (Wildman–Crippen MR) is 110 cm³/mol. The highest BCUT2D eigenvalue weighted by molar-refractivity contribution is 7.89. The summed E-state index contributed by atoms with van der Waals surface area (Å²) in [7, 11) is -2.33. The predicted octanol–water partition coefficient (Wildman–Crippen LogP) is 3.80. The number of hydrogen-bond donors (Lipinski definition) is 1. The van der Waals surface area contributed by atoms with Crippen LogP contribution >= 0.6 is 0 Å². The largest absolute Gasteiger partial charge is 0.324 e. The smallest absolute Gasteiger partial charge is 0.243 e. The molecular formula is C21H28N2O3S. The van der Waals surface area contributed by atoms with Crippen LogP contribution in [0.2, 0.25) is 0 Å². The summed E-state index contributed by atoms with van der Waals surface area (Å²) in [4.78, 5) is 12.8. The van der Waals surface area contributed by atoms with Crippen molar-refractivity contribution in [2.24, 2.45) is 0 Å². The second kappa shape index (κ2) is 7.82. The lowest BCUT2D eigenvalue weighted by molar-refractivity contribution is -0.116. The Morgan fingerprint density at radius 2 is 1.26 bits per heavy atom. The second-order valence-electron chi connectivity index (χ2n) is 7.31. The van der Waals surface area contributed by atoms with Crippen molar-refractivity contribution in [2.75, 3.05) is 18.9 Å². The molecule has 5 nitrogen and oxygen atoms in total. The summed E-state index contributed by atoms with van der Waals surface area (Å²) >= 11 is 0. The number of nitrogens with zero attached hydrogens (tertiary/aromatic N) is 1. The number of carbonyl (C=O) groups excluding carboxylic acids is 1. The molecule has 0 bridgehead atoms. The van der Waals surface area contributed by atoms with Gasteiger partial charge in [-0.05, 0) is 63.8 Å². The maximum Gasteiger partial charge on any atom is 0.243 e. The molecule has 0 radical (unpaired) electrons. The van der Waals surface area contributed by atoms with Gasteiger partial charge in [-0.15, -0.1) is 0 Å². The lowest BCUT2D eigenvalue weighted by Gasteiger charge is -2.21. The van der Waals surface area contributed by atoms with Crippen LogP contribution in [0.1, 0.15) is 33.4 Å². The zero-order valence-electron chi connectivity index (χ0n) is 17.1. The summed E-state index contributed by atoms with van der Waals surface area (Å²) in [5.74, 6) is -0.362. The Morgan fingerprint density at radius 1 is 0.852 bits per heavy atom. The topological polar surface area (TPSA) is 66.5 Å². The van der Waals surface area contributed by atoms with Crippen LogP contribution in [0.4, 0.5) is 5.69 Å². The molecule has 0 unspecified atom stereocenters. The average molecular weight is 389 g/mol. The van der Waals surface area contributed by atoms with E-state index in [1.54, 1.807) is 13.8 Å². The van der Waals surface area contributed by atoms with Crippen molar-refractivity contribution in [1.82, 2.24) is 4.31 Å². The van der Waals surface area contributed by atoms with Crippen LogP contribution in [0, 0.1) is 41.5 Å². The summed E-state index contributed by atoms with van der Waals surface area (Å²) in [6, 6.07) is 7.66. The molecule has 2 aromatic rings. The van der Waals surface area contributed by atoms with Gasteiger partial charge in [0.2, 0.25) is 15.9 Å². The summed E-state index contributed by atoms with van der Waals surface area (Å²) in [6.45, 7) is 11.1. The molecule has 1 amide bonds. The molecule has 0 saturated heterocycles. The van der Waals surface area contributed by atoms with E-state index in [-0.39, 0.29) is 17.3 Å². The van der Waals surface area contributed by atoms with E-state index < -0.39 is 10.0 Å². The standard InChI is InChI=1S/C21H28N2O3S/c1-13-8-15(3)20(16(4)9-13)22-19(24)12-23(7)27(25,26)21-17(5)10-14(2)11-18(21)6/h8-11H,12H2,1-7H3,(H,22,24). The Balaban J connectivity index is 2.24. The van der Waals surface area contributed by atoms with Crippen molar-refractivity contribution in [1.29, 1.82) is 0 Å². The number of likely N-dealkylation sites (N-methyl/N-ethyl adjacent to an activating group) is 1. The van der Waals surface area contributed by atoms with Crippen LogP contribution < -0.4 is 5.32 Å². The van der Waals surface area contributed by atoms with Crippen molar-refractivity contribution in [3.05, 3.63) is 57.6 Å². The minimum absolute atomic E-state index is 0.248. The van der Waals surface area contributed by atoms with Gasteiger partial charge in [-0.1, -0.05) is 35.4 Å². The van der Waals surface area contributed by atoms with Crippen LogP contribution in [0.3, 0.4) is 0 Å². The van der Waals surface area contributed by atoms with Gasteiger partial charge in [-0.2, -0.15) is 4.31 Å². The molecule has 2 rings (SSSR count). The fourth-order valence-corrected chi connectivity index (χ4v) is 5.10. The molecule has 0 aliphatic rings. The lowest BCUT2D eigenvalue weighted by Crippen LogP contribution is -2.35. The zero-order valence-corrected chi connectivity index (χ0v) is 17.9. The summed E-state index contributed by atoms with van der Waals surface area (Å²) < 4.78 is 27.1. The van der Waals surface area contributed by atoms with E-state index in [0.29, 0.717) is 11.1 Å². The van der Waals surface area contributed by atoms with Gasteiger partial charge in [0.15, 0.2) is 0 Å². The van der Waals surface area contributed by atoms with E-state index >= 15 is 0 Å². The SMILES string of the molecule is Cc1cc(C)c(NC(=O)CN(C)S(=O)(=O)c2c(C)cc(C)cc2C)c(C)c1. The number of hydrogen-bond acceptors (Lipinski definition) is 3. The minimum Gasteiger partial charge on any atom is -0.324 e. The number of nitrogens with one attached hydrogen (secondary N) is 1. The van der Waals surface area contributed by atoms with Crippen LogP contribution in [-0.4, -0.2) is 32.2 Å². The van der Waals surface area contributed by atoms with Crippen molar-refractivity contribution in [3.8, 4) is 0 Å². The second-order valence-corrected chi connectivity index (χ2v) is 9.29. The molecular weight excluding hydrogens is 360 g/mol. The highest BCUT2D eigenvalue weighted by Crippen LogP contribution is 2.25. The Kier molecular flexibility index (Phi) is 6.12. The summed E-state index contributed by atoms with van der Waals surface area (Å²) in [5.41, 5.74) is 6.14. The molecule has 1 N–H and O–H groups in total. The van der Waals surface area contributed by atoms with E-state index in [1.807, 2.05) is 52.0 Å². The normalized spacial score (nSPS) is 11.7. The summed E-state index contributed by atoms with van der Waals surface area (Å²) in [6.07, 6.45) is 0. The molecule has 146 valence electrons. The van der Waals surface area contributed by atoms with E-state index in [1.165, 1.54) is 7.05 Å².